The lowest BCUT2D eigenvalue weighted by atomic mass is 9.86. The Bertz CT molecular complexity index is 301. The molecular weight excluding hydrogens is 236 g/mol. The van der Waals surface area contributed by atoms with Gasteiger partial charge >= 0.3 is 0 Å². The molecule has 0 bridgehead atoms. The number of nitrogens with zero attached hydrogens (tertiary/aromatic N) is 1. The number of rotatable bonds is 4. The Kier molecular flexibility index (Phi) is 4.59. The number of hydrogen-bond acceptors (Lipinski definition) is 3. The van der Waals surface area contributed by atoms with E-state index in [-0.39, 0.29) is 5.60 Å². The minimum Gasteiger partial charge on any atom is -0.373 e. The highest BCUT2D eigenvalue weighted by Crippen LogP contribution is 2.40. The van der Waals surface area contributed by atoms with Crippen molar-refractivity contribution in [3.05, 3.63) is 0 Å². The van der Waals surface area contributed by atoms with E-state index in [1.54, 1.807) is 0 Å². The third-order valence-corrected chi connectivity index (χ3v) is 4.85. The molecule has 0 spiro atoms. The van der Waals surface area contributed by atoms with Crippen LogP contribution in [0.3, 0.4) is 0 Å². The molecular formula is C16H32N2O. The number of morpholine rings is 1. The maximum Gasteiger partial charge on any atom is 0.0753 e. The fourth-order valence-corrected chi connectivity index (χ4v) is 3.80. The summed E-state index contributed by atoms with van der Waals surface area (Å²) < 4.78 is 5.86. The Labute approximate surface area is 119 Å². The van der Waals surface area contributed by atoms with E-state index in [4.69, 9.17) is 4.74 Å². The van der Waals surface area contributed by atoms with Crippen LogP contribution in [0, 0.1) is 5.41 Å². The van der Waals surface area contributed by atoms with E-state index >= 15 is 0 Å². The molecule has 2 aliphatic rings. The largest absolute Gasteiger partial charge is 0.373 e. The molecule has 19 heavy (non-hydrogen) atoms. The Balaban J connectivity index is 2.05. The second-order valence-corrected chi connectivity index (χ2v) is 7.61. The molecule has 112 valence electrons. The van der Waals surface area contributed by atoms with Crippen LogP contribution < -0.4 is 5.32 Å². The van der Waals surface area contributed by atoms with Crippen molar-refractivity contribution >= 4 is 0 Å². The van der Waals surface area contributed by atoms with Crippen LogP contribution >= 0.6 is 0 Å². The van der Waals surface area contributed by atoms with Crippen LogP contribution in [0.25, 0.3) is 0 Å². The Morgan fingerprint density at radius 2 is 2.00 bits per heavy atom. The molecule has 1 saturated heterocycles. The summed E-state index contributed by atoms with van der Waals surface area (Å²) in [6, 6.07) is 1.31. The van der Waals surface area contributed by atoms with Crippen molar-refractivity contribution in [1.29, 1.82) is 0 Å². The van der Waals surface area contributed by atoms with E-state index in [1.165, 1.54) is 19.3 Å². The normalized spacial score (nSPS) is 34.6. The third kappa shape index (κ3) is 3.50. The molecule has 1 saturated carbocycles. The van der Waals surface area contributed by atoms with Gasteiger partial charge in [-0.05, 0) is 45.1 Å². The summed E-state index contributed by atoms with van der Waals surface area (Å²) in [6.07, 6.45) is 3.87. The van der Waals surface area contributed by atoms with Crippen molar-refractivity contribution in [3.8, 4) is 0 Å². The summed E-state index contributed by atoms with van der Waals surface area (Å²) in [6.45, 7) is 15.7. The van der Waals surface area contributed by atoms with Gasteiger partial charge in [0.1, 0.15) is 0 Å². The smallest absolute Gasteiger partial charge is 0.0753 e. The highest BCUT2D eigenvalue weighted by Gasteiger charge is 2.45. The zero-order valence-corrected chi connectivity index (χ0v) is 13.5. The summed E-state index contributed by atoms with van der Waals surface area (Å²) in [5.41, 5.74) is 0.433. The first-order chi connectivity index (χ1) is 8.86. The molecule has 2 unspecified atom stereocenters. The van der Waals surface area contributed by atoms with E-state index in [0.29, 0.717) is 17.5 Å². The van der Waals surface area contributed by atoms with E-state index in [1.807, 2.05) is 0 Å². The highest BCUT2D eigenvalue weighted by atomic mass is 16.5. The summed E-state index contributed by atoms with van der Waals surface area (Å²) in [7, 11) is 0. The van der Waals surface area contributed by atoms with Gasteiger partial charge in [0.15, 0.2) is 0 Å². The van der Waals surface area contributed by atoms with Crippen LogP contribution in [0.15, 0.2) is 0 Å². The van der Waals surface area contributed by atoms with Gasteiger partial charge < -0.3 is 10.1 Å². The second kappa shape index (κ2) is 5.71. The molecule has 1 aliphatic heterocycles. The average Bonchev–Trinajstić information content (AvgIpc) is 2.60. The standard InChI is InChI=1S/C16H32N2O/c1-6-9-17-14-13(7-8-15(14,2)3)18-10-11-19-16(4,5)12-18/h13-14,17H,6-12H2,1-5H3. The van der Waals surface area contributed by atoms with Crippen molar-refractivity contribution in [2.24, 2.45) is 5.41 Å². The summed E-state index contributed by atoms with van der Waals surface area (Å²) in [5, 5.41) is 3.81. The van der Waals surface area contributed by atoms with Gasteiger partial charge in [-0.15, -0.1) is 0 Å². The van der Waals surface area contributed by atoms with Gasteiger partial charge in [-0.25, -0.2) is 0 Å². The first kappa shape index (κ1) is 15.3. The van der Waals surface area contributed by atoms with Crippen LogP contribution in [0.1, 0.15) is 53.9 Å². The minimum absolute atomic E-state index is 0.0142. The van der Waals surface area contributed by atoms with Crippen LogP contribution in [0.4, 0.5) is 0 Å². The minimum atomic E-state index is 0.0142. The molecule has 0 aromatic carbocycles. The van der Waals surface area contributed by atoms with Gasteiger partial charge in [-0.2, -0.15) is 0 Å². The summed E-state index contributed by atoms with van der Waals surface area (Å²) in [4.78, 5) is 2.67. The molecule has 0 aromatic heterocycles. The van der Waals surface area contributed by atoms with E-state index in [9.17, 15) is 0 Å². The first-order valence-electron chi connectivity index (χ1n) is 7.97. The Morgan fingerprint density at radius 1 is 1.26 bits per heavy atom. The molecule has 3 nitrogen and oxygen atoms in total. The molecule has 2 rings (SSSR count). The average molecular weight is 268 g/mol. The SMILES string of the molecule is CCCNC1C(N2CCOC(C)(C)C2)CCC1(C)C. The zero-order valence-electron chi connectivity index (χ0n) is 13.5. The molecule has 0 aromatic rings. The predicted octanol–water partition coefficient (Wildman–Crippen LogP) is 2.65. The van der Waals surface area contributed by atoms with Crippen molar-refractivity contribution in [3.63, 3.8) is 0 Å². The fourth-order valence-electron chi connectivity index (χ4n) is 3.80. The van der Waals surface area contributed by atoms with E-state index < -0.39 is 0 Å². The van der Waals surface area contributed by atoms with Gasteiger partial charge in [0.2, 0.25) is 0 Å². The Hall–Kier alpha value is -0.120. The highest BCUT2D eigenvalue weighted by molar-refractivity contribution is 5.02. The lowest BCUT2D eigenvalue weighted by Crippen LogP contribution is -2.58. The Morgan fingerprint density at radius 3 is 2.63 bits per heavy atom. The van der Waals surface area contributed by atoms with Gasteiger partial charge in [-0.1, -0.05) is 20.8 Å². The molecule has 0 radical (unpaired) electrons. The second-order valence-electron chi connectivity index (χ2n) is 7.61. The van der Waals surface area contributed by atoms with Crippen LogP contribution in [-0.4, -0.2) is 48.8 Å². The predicted molar refractivity (Wildman–Crippen MR) is 80.5 cm³/mol. The van der Waals surface area contributed by atoms with E-state index in [2.05, 4.69) is 44.8 Å². The number of ether oxygens (including phenoxy) is 1. The lowest BCUT2D eigenvalue weighted by Gasteiger charge is -2.44. The molecule has 0 amide bonds. The molecule has 3 heteroatoms. The maximum atomic E-state index is 5.86. The molecule has 2 atom stereocenters. The molecule has 2 fully saturated rings. The van der Waals surface area contributed by atoms with Crippen LogP contribution in [0.2, 0.25) is 0 Å². The summed E-state index contributed by atoms with van der Waals surface area (Å²) in [5.74, 6) is 0. The van der Waals surface area contributed by atoms with Crippen molar-refractivity contribution in [2.75, 3.05) is 26.2 Å². The van der Waals surface area contributed by atoms with Gasteiger partial charge in [0.05, 0.1) is 12.2 Å². The third-order valence-electron chi connectivity index (χ3n) is 4.85. The van der Waals surface area contributed by atoms with Gasteiger partial charge in [-0.3, -0.25) is 4.90 Å². The molecule has 1 heterocycles. The monoisotopic (exact) mass is 268 g/mol. The fraction of sp³-hybridized carbons (Fsp3) is 1.00. The van der Waals surface area contributed by atoms with Crippen LogP contribution in [-0.2, 0) is 4.74 Å². The lowest BCUT2D eigenvalue weighted by molar-refractivity contribution is -0.0999. The zero-order chi connectivity index (χ0) is 14.1. The quantitative estimate of drug-likeness (QED) is 0.848. The van der Waals surface area contributed by atoms with Crippen molar-refractivity contribution in [2.45, 2.75) is 71.6 Å². The topological polar surface area (TPSA) is 24.5 Å². The van der Waals surface area contributed by atoms with E-state index in [0.717, 1.165) is 26.2 Å². The molecule has 1 aliphatic carbocycles. The van der Waals surface area contributed by atoms with Gasteiger partial charge in [0, 0.05) is 25.2 Å². The summed E-state index contributed by atoms with van der Waals surface area (Å²) >= 11 is 0. The van der Waals surface area contributed by atoms with Gasteiger partial charge in [0.25, 0.3) is 0 Å². The maximum absolute atomic E-state index is 5.86. The van der Waals surface area contributed by atoms with Crippen molar-refractivity contribution in [1.82, 2.24) is 10.2 Å². The van der Waals surface area contributed by atoms with Crippen LogP contribution in [0.5, 0.6) is 0 Å². The number of nitrogens with one attached hydrogen (secondary N) is 1. The number of hydrogen-bond donors (Lipinski definition) is 1. The van der Waals surface area contributed by atoms with Crippen molar-refractivity contribution < 1.29 is 4.74 Å². The first-order valence-corrected chi connectivity index (χ1v) is 7.97. The molecule has 1 N–H and O–H groups in total.